The van der Waals surface area contributed by atoms with Gasteiger partial charge in [-0.2, -0.15) is 0 Å². The molecule has 0 saturated carbocycles. The lowest BCUT2D eigenvalue weighted by atomic mass is 9.95. The van der Waals surface area contributed by atoms with Crippen molar-refractivity contribution in [3.8, 4) is 5.75 Å². The summed E-state index contributed by atoms with van der Waals surface area (Å²) in [6.45, 7) is 0. The molecular weight excluding hydrogens is 254 g/mol. The number of aliphatic carboxylic acids is 1. The van der Waals surface area contributed by atoms with Crippen molar-refractivity contribution >= 4 is 16.7 Å². The van der Waals surface area contributed by atoms with Crippen molar-refractivity contribution in [1.29, 1.82) is 0 Å². The summed E-state index contributed by atoms with van der Waals surface area (Å²) < 4.78 is 5.36. The van der Waals surface area contributed by atoms with Crippen molar-refractivity contribution in [2.75, 3.05) is 7.11 Å². The molecule has 0 spiro atoms. The van der Waals surface area contributed by atoms with E-state index in [1.165, 1.54) is 0 Å². The highest BCUT2D eigenvalue weighted by atomic mass is 16.5. The molecule has 4 heteroatoms. The smallest absolute Gasteiger partial charge is 0.303 e. The Bertz CT molecular complexity index is 610. The summed E-state index contributed by atoms with van der Waals surface area (Å²) in [4.78, 5) is 10.6. The first-order chi connectivity index (χ1) is 9.63. The fourth-order valence-electron chi connectivity index (χ4n) is 2.42. The number of carboxylic acids is 1. The number of rotatable bonds is 6. The van der Waals surface area contributed by atoms with Gasteiger partial charge < -0.3 is 15.6 Å². The average Bonchev–Trinajstić information content (AvgIpc) is 2.45. The van der Waals surface area contributed by atoms with Gasteiger partial charge in [0.15, 0.2) is 0 Å². The standard InChI is InChI=1S/C16H19NO3/c1-20-15-10-9-12(11-5-2-3-6-13(11)15)14(17)7-4-8-16(18)19/h2-3,5-6,9-10,14H,4,7-8,17H2,1H3,(H,18,19). The molecule has 0 bridgehead atoms. The third-order valence-electron chi connectivity index (χ3n) is 3.44. The van der Waals surface area contributed by atoms with Gasteiger partial charge >= 0.3 is 5.97 Å². The van der Waals surface area contributed by atoms with Crippen LogP contribution >= 0.6 is 0 Å². The highest BCUT2D eigenvalue weighted by molar-refractivity contribution is 5.91. The number of ether oxygens (including phenoxy) is 1. The molecular formula is C16H19NO3. The van der Waals surface area contributed by atoms with Crippen LogP contribution in [0.1, 0.15) is 30.9 Å². The lowest BCUT2D eigenvalue weighted by Gasteiger charge is -2.16. The second-order valence-corrected chi connectivity index (χ2v) is 4.80. The van der Waals surface area contributed by atoms with E-state index in [9.17, 15) is 4.79 Å². The SMILES string of the molecule is COc1ccc(C(N)CCCC(=O)O)c2ccccc12. The van der Waals surface area contributed by atoms with E-state index in [4.69, 9.17) is 15.6 Å². The Morgan fingerprint density at radius 3 is 2.60 bits per heavy atom. The van der Waals surface area contributed by atoms with Gasteiger partial charge in [-0.15, -0.1) is 0 Å². The Morgan fingerprint density at radius 2 is 1.95 bits per heavy atom. The molecule has 0 heterocycles. The molecule has 3 N–H and O–H groups in total. The van der Waals surface area contributed by atoms with Crippen LogP contribution in [-0.4, -0.2) is 18.2 Å². The molecule has 0 aliphatic heterocycles. The first-order valence-electron chi connectivity index (χ1n) is 6.66. The zero-order valence-corrected chi connectivity index (χ0v) is 11.5. The summed E-state index contributed by atoms with van der Waals surface area (Å²) >= 11 is 0. The van der Waals surface area contributed by atoms with Crippen molar-refractivity contribution in [2.45, 2.75) is 25.3 Å². The largest absolute Gasteiger partial charge is 0.496 e. The minimum Gasteiger partial charge on any atom is -0.496 e. The number of nitrogens with two attached hydrogens (primary N) is 1. The predicted molar refractivity (Wildman–Crippen MR) is 78.9 cm³/mol. The van der Waals surface area contributed by atoms with E-state index in [0.29, 0.717) is 12.8 Å². The fourth-order valence-corrected chi connectivity index (χ4v) is 2.42. The van der Waals surface area contributed by atoms with Crippen LogP contribution in [0.25, 0.3) is 10.8 Å². The molecule has 106 valence electrons. The normalized spacial score (nSPS) is 12.3. The van der Waals surface area contributed by atoms with Gasteiger partial charge in [-0.05, 0) is 29.9 Å². The maximum absolute atomic E-state index is 10.6. The first kappa shape index (κ1) is 14.3. The molecule has 1 atom stereocenters. The maximum atomic E-state index is 10.6. The molecule has 2 aromatic rings. The van der Waals surface area contributed by atoms with Crippen LogP contribution in [0, 0.1) is 0 Å². The molecule has 0 radical (unpaired) electrons. The van der Waals surface area contributed by atoms with Crippen LogP contribution in [-0.2, 0) is 4.79 Å². The molecule has 0 amide bonds. The van der Waals surface area contributed by atoms with Crippen molar-refractivity contribution in [3.63, 3.8) is 0 Å². The summed E-state index contributed by atoms with van der Waals surface area (Å²) in [5, 5.41) is 10.8. The highest BCUT2D eigenvalue weighted by Gasteiger charge is 2.12. The molecule has 0 saturated heterocycles. The molecule has 0 aliphatic carbocycles. The van der Waals surface area contributed by atoms with Gasteiger partial charge in [0.1, 0.15) is 5.75 Å². The molecule has 0 aromatic heterocycles. The van der Waals surface area contributed by atoms with E-state index in [-0.39, 0.29) is 12.5 Å². The van der Waals surface area contributed by atoms with E-state index in [1.807, 2.05) is 36.4 Å². The zero-order chi connectivity index (χ0) is 14.5. The summed E-state index contributed by atoms with van der Waals surface area (Å²) in [7, 11) is 1.65. The summed E-state index contributed by atoms with van der Waals surface area (Å²) in [5.74, 6) is 0.0406. The third kappa shape index (κ3) is 3.08. The second-order valence-electron chi connectivity index (χ2n) is 4.80. The van der Waals surface area contributed by atoms with E-state index < -0.39 is 5.97 Å². The van der Waals surface area contributed by atoms with Crippen LogP contribution in [0.15, 0.2) is 36.4 Å². The van der Waals surface area contributed by atoms with Gasteiger partial charge in [-0.1, -0.05) is 30.3 Å². The number of carbonyl (C=O) groups is 1. The Hall–Kier alpha value is -2.07. The Morgan fingerprint density at radius 1 is 1.25 bits per heavy atom. The molecule has 2 aromatic carbocycles. The third-order valence-corrected chi connectivity index (χ3v) is 3.44. The topological polar surface area (TPSA) is 72.5 Å². The second kappa shape index (κ2) is 6.39. The first-order valence-corrected chi connectivity index (χ1v) is 6.66. The quantitative estimate of drug-likeness (QED) is 0.848. The van der Waals surface area contributed by atoms with Crippen molar-refractivity contribution in [2.24, 2.45) is 5.73 Å². The summed E-state index contributed by atoms with van der Waals surface area (Å²) in [6.07, 6.45) is 1.39. The van der Waals surface area contributed by atoms with E-state index in [2.05, 4.69) is 0 Å². The predicted octanol–water partition coefficient (Wildman–Crippen LogP) is 3.10. The van der Waals surface area contributed by atoms with Gasteiger partial charge in [-0.3, -0.25) is 4.79 Å². The van der Waals surface area contributed by atoms with Crippen LogP contribution < -0.4 is 10.5 Å². The van der Waals surface area contributed by atoms with Crippen molar-refractivity contribution in [3.05, 3.63) is 42.0 Å². The number of methoxy groups -OCH3 is 1. The zero-order valence-electron chi connectivity index (χ0n) is 11.5. The minimum absolute atomic E-state index is 0.155. The van der Waals surface area contributed by atoms with Crippen LogP contribution in [0.3, 0.4) is 0 Å². The number of fused-ring (bicyclic) bond motifs is 1. The summed E-state index contributed by atoms with van der Waals surface area (Å²) in [5.41, 5.74) is 7.24. The monoisotopic (exact) mass is 273 g/mol. The van der Waals surface area contributed by atoms with E-state index in [0.717, 1.165) is 22.1 Å². The van der Waals surface area contributed by atoms with Gasteiger partial charge in [0.2, 0.25) is 0 Å². The molecule has 1 unspecified atom stereocenters. The maximum Gasteiger partial charge on any atom is 0.303 e. The number of hydrogen-bond acceptors (Lipinski definition) is 3. The van der Waals surface area contributed by atoms with Gasteiger partial charge in [0.05, 0.1) is 7.11 Å². The van der Waals surface area contributed by atoms with E-state index in [1.54, 1.807) is 7.11 Å². The Labute approximate surface area is 118 Å². The average molecular weight is 273 g/mol. The molecule has 0 fully saturated rings. The van der Waals surface area contributed by atoms with Gasteiger partial charge in [-0.25, -0.2) is 0 Å². The molecule has 4 nitrogen and oxygen atoms in total. The lowest BCUT2D eigenvalue weighted by molar-refractivity contribution is -0.137. The number of hydrogen-bond donors (Lipinski definition) is 2. The molecule has 20 heavy (non-hydrogen) atoms. The Balaban J connectivity index is 2.28. The van der Waals surface area contributed by atoms with Gasteiger partial charge in [0, 0.05) is 17.8 Å². The van der Waals surface area contributed by atoms with Gasteiger partial charge in [0.25, 0.3) is 0 Å². The van der Waals surface area contributed by atoms with E-state index >= 15 is 0 Å². The molecule has 0 aliphatic rings. The summed E-state index contributed by atoms with van der Waals surface area (Å²) in [6, 6.07) is 11.7. The van der Waals surface area contributed by atoms with Crippen LogP contribution in [0.4, 0.5) is 0 Å². The number of benzene rings is 2. The van der Waals surface area contributed by atoms with Crippen molar-refractivity contribution < 1.29 is 14.6 Å². The highest BCUT2D eigenvalue weighted by Crippen LogP contribution is 2.32. The minimum atomic E-state index is -0.781. The molecule has 2 rings (SSSR count). The lowest BCUT2D eigenvalue weighted by Crippen LogP contribution is -2.11. The van der Waals surface area contributed by atoms with Crippen LogP contribution in [0.5, 0.6) is 5.75 Å². The Kier molecular flexibility index (Phi) is 4.58. The van der Waals surface area contributed by atoms with Crippen molar-refractivity contribution in [1.82, 2.24) is 0 Å². The van der Waals surface area contributed by atoms with Crippen LogP contribution in [0.2, 0.25) is 0 Å². The fraction of sp³-hybridized carbons (Fsp3) is 0.312. The number of carboxylic acid groups (broad SMARTS) is 1.